The van der Waals surface area contributed by atoms with E-state index in [9.17, 15) is 4.79 Å². The number of carbonyl (C=O) groups is 1. The number of halogens is 1. The van der Waals surface area contributed by atoms with Crippen molar-refractivity contribution in [1.82, 2.24) is 5.32 Å². The number of hydrogen-bond acceptors (Lipinski definition) is 4. The molecule has 0 aliphatic rings. The SMILES string of the molecule is COc1cc(CCC(=O)NC(C)c2cccc(Cl)c2)cc(OC)c1OC. The molecule has 0 heterocycles. The van der Waals surface area contributed by atoms with Gasteiger partial charge < -0.3 is 19.5 Å². The summed E-state index contributed by atoms with van der Waals surface area (Å²) in [7, 11) is 4.70. The molecule has 0 fully saturated rings. The van der Waals surface area contributed by atoms with E-state index >= 15 is 0 Å². The number of carbonyl (C=O) groups excluding carboxylic acids is 1. The van der Waals surface area contributed by atoms with Gasteiger partial charge in [-0.15, -0.1) is 0 Å². The van der Waals surface area contributed by atoms with Crippen molar-refractivity contribution in [3.63, 3.8) is 0 Å². The predicted molar refractivity (Wildman–Crippen MR) is 102 cm³/mol. The Morgan fingerprint density at radius 2 is 1.73 bits per heavy atom. The molecule has 0 radical (unpaired) electrons. The maximum atomic E-state index is 12.3. The van der Waals surface area contributed by atoms with Crippen LogP contribution in [0.2, 0.25) is 5.02 Å². The first kappa shape index (κ1) is 19.9. The molecule has 0 aliphatic heterocycles. The Morgan fingerprint density at radius 1 is 1.08 bits per heavy atom. The van der Waals surface area contributed by atoms with Gasteiger partial charge >= 0.3 is 0 Å². The lowest BCUT2D eigenvalue weighted by Crippen LogP contribution is -2.26. The zero-order valence-corrected chi connectivity index (χ0v) is 16.2. The lowest BCUT2D eigenvalue weighted by atomic mass is 10.1. The van der Waals surface area contributed by atoms with Crippen LogP contribution in [0.1, 0.15) is 30.5 Å². The fourth-order valence-corrected chi connectivity index (χ4v) is 2.91. The molecule has 0 saturated carbocycles. The number of hydrogen-bond donors (Lipinski definition) is 1. The van der Waals surface area contributed by atoms with Crippen molar-refractivity contribution >= 4 is 17.5 Å². The zero-order valence-electron chi connectivity index (χ0n) is 15.5. The van der Waals surface area contributed by atoms with Crippen molar-refractivity contribution in [2.45, 2.75) is 25.8 Å². The predicted octanol–water partition coefficient (Wildman–Crippen LogP) is 4.18. The van der Waals surface area contributed by atoms with E-state index in [2.05, 4.69) is 5.32 Å². The lowest BCUT2D eigenvalue weighted by Gasteiger charge is -2.16. The van der Waals surface area contributed by atoms with Gasteiger partial charge in [0.05, 0.1) is 27.4 Å². The second-order valence-corrected chi connectivity index (χ2v) is 6.31. The van der Waals surface area contributed by atoms with Crippen LogP contribution in [0.15, 0.2) is 36.4 Å². The molecule has 1 amide bonds. The third kappa shape index (κ3) is 5.05. The summed E-state index contributed by atoms with van der Waals surface area (Å²) in [6, 6.07) is 11.1. The Kier molecular flexibility index (Phi) is 7.16. The summed E-state index contributed by atoms with van der Waals surface area (Å²) in [5, 5.41) is 3.64. The van der Waals surface area contributed by atoms with Gasteiger partial charge in [-0.05, 0) is 48.7 Å². The molecule has 0 aromatic heterocycles. The molecular weight excluding hydrogens is 354 g/mol. The molecule has 0 aliphatic carbocycles. The number of nitrogens with one attached hydrogen (secondary N) is 1. The Morgan fingerprint density at radius 3 is 2.27 bits per heavy atom. The summed E-state index contributed by atoms with van der Waals surface area (Å²) in [5.41, 5.74) is 1.91. The van der Waals surface area contributed by atoms with E-state index < -0.39 is 0 Å². The van der Waals surface area contributed by atoms with E-state index in [1.807, 2.05) is 43.3 Å². The Hall–Kier alpha value is -2.40. The number of aryl methyl sites for hydroxylation is 1. The van der Waals surface area contributed by atoms with E-state index in [1.165, 1.54) is 0 Å². The van der Waals surface area contributed by atoms with E-state index in [4.69, 9.17) is 25.8 Å². The Bertz CT molecular complexity index is 738. The summed E-state index contributed by atoms with van der Waals surface area (Å²) < 4.78 is 16.0. The number of rotatable bonds is 8. The van der Waals surface area contributed by atoms with Gasteiger partial charge in [0.2, 0.25) is 11.7 Å². The van der Waals surface area contributed by atoms with Crippen molar-refractivity contribution in [1.29, 1.82) is 0 Å². The Balaban J connectivity index is 2.00. The van der Waals surface area contributed by atoms with Crippen molar-refractivity contribution in [2.24, 2.45) is 0 Å². The van der Waals surface area contributed by atoms with Crippen molar-refractivity contribution in [3.05, 3.63) is 52.5 Å². The van der Waals surface area contributed by atoms with E-state index in [1.54, 1.807) is 21.3 Å². The van der Waals surface area contributed by atoms with E-state index in [-0.39, 0.29) is 11.9 Å². The summed E-state index contributed by atoms with van der Waals surface area (Å²) in [6.45, 7) is 1.93. The molecule has 0 spiro atoms. The molecule has 140 valence electrons. The number of benzene rings is 2. The lowest BCUT2D eigenvalue weighted by molar-refractivity contribution is -0.121. The second kappa shape index (κ2) is 9.34. The second-order valence-electron chi connectivity index (χ2n) is 5.88. The minimum Gasteiger partial charge on any atom is -0.493 e. The smallest absolute Gasteiger partial charge is 0.220 e. The minimum absolute atomic E-state index is 0.0359. The summed E-state index contributed by atoms with van der Waals surface area (Å²) in [6.07, 6.45) is 0.911. The normalized spacial score (nSPS) is 11.6. The van der Waals surface area contributed by atoms with Gasteiger partial charge in [0.1, 0.15) is 0 Å². The van der Waals surface area contributed by atoms with Gasteiger partial charge in [-0.2, -0.15) is 0 Å². The molecule has 0 bridgehead atoms. The highest BCUT2D eigenvalue weighted by atomic mass is 35.5. The summed E-state index contributed by atoms with van der Waals surface area (Å²) >= 11 is 6.00. The molecule has 5 nitrogen and oxygen atoms in total. The van der Waals surface area contributed by atoms with Crippen LogP contribution >= 0.6 is 11.6 Å². The average molecular weight is 378 g/mol. The highest BCUT2D eigenvalue weighted by Crippen LogP contribution is 2.38. The van der Waals surface area contributed by atoms with Crippen molar-refractivity contribution in [2.75, 3.05) is 21.3 Å². The monoisotopic (exact) mass is 377 g/mol. The maximum Gasteiger partial charge on any atom is 0.220 e. The highest BCUT2D eigenvalue weighted by Gasteiger charge is 2.15. The third-order valence-corrected chi connectivity index (χ3v) is 4.33. The standard InChI is InChI=1S/C20H24ClNO4/c1-13(15-6-5-7-16(21)12-15)22-19(23)9-8-14-10-17(24-2)20(26-4)18(11-14)25-3/h5-7,10-13H,8-9H2,1-4H3,(H,22,23). The van der Waals surface area contributed by atoms with Crippen molar-refractivity contribution in [3.8, 4) is 17.2 Å². The van der Waals surface area contributed by atoms with E-state index in [0.717, 1.165) is 11.1 Å². The first-order valence-corrected chi connectivity index (χ1v) is 8.70. The molecule has 1 atom stereocenters. The quantitative estimate of drug-likeness (QED) is 0.749. The molecule has 2 rings (SSSR count). The van der Waals surface area contributed by atoms with Crippen LogP contribution in [0.25, 0.3) is 0 Å². The largest absolute Gasteiger partial charge is 0.493 e. The molecule has 2 aromatic rings. The zero-order chi connectivity index (χ0) is 19.1. The third-order valence-electron chi connectivity index (χ3n) is 4.09. The summed E-state index contributed by atoms with van der Waals surface area (Å²) in [4.78, 5) is 12.3. The van der Waals surface area contributed by atoms with Gasteiger partial charge in [0.25, 0.3) is 0 Å². The molecule has 26 heavy (non-hydrogen) atoms. The average Bonchev–Trinajstić information content (AvgIpc) is 2.65. The topological polar surface area (TPSA) is 56.8 Å². The van der Waals surface area contributed by atoms with Crippen LogP contribution in [-0.4, -0.2) is 27.2 Å². The molecule has 1 N–H and O–H groups in total. The Labute approximate surface area is 159 Å². The molecular formula is C20H24ClNO4. The van der Waals surface area contributed by atoms with E-state index in [0.29, 0.717) is 35.1 Å². The van der Waals surface area contributed by atoms with Crippen LogP contribution < -0.4 is 19.5 Å². The minimum atomic E-state index is -0.110. The van der Waals surface area contributed by atoms with Crippen molar-refractivity contribution < 1.29 is 19.0 Å². The van der Waals surface area contributed by atoms with Crippen LogP contribution in [0.4, 0.5) is 0 Å². The number of methoxy groups -OCH3 is 3. The van der Waals surface area contributed by atoms with Gasteiger partial charge in [0.15, 0.2) is 11.5 Å². The first-order valence-electron chi connectivity index (χ1n) is 8.32. The van der Waals surface area contributed by atoms with Gasteiger partial charge in [-0.25, -0.2) is 0 Å². The number of amides is 1. The number of ether oxygens (including phenoxy) is 3. The fraction of sp³-hybridized carbons (Fsp3) is 0.350. The molecule has 6 heteroatoms. The fourth-order valence-electron chi connectivity index (χ4n) is 2.71. The van der Waals surface area contributed by atoms with Crippen LogP contribution in [0.5, 0.6) is 17.2 Å². The highest BCUT2D eigenvalue weighted by molar-refractivity contribution is 6.30. The first-order chi connectivity index (χ1) is 12.5. The van der Waals surface area contributed by atoms with Crippen LogP contribution in [0.3, 0.4) is 0 Å². The molecule has 2 aromatic carbocycles. The maximum absolute atomic E-state index is 12.3. The van der Waals surface area contributed by atoms with Gasteiger partial charge in [-0.1, -0.05) is 23.7 Å². The summed E-state index contributed by atoms with van der Waals surface area (Å²) in [5.74, 6) is 1.66. The van der Waals surface area contributed by atoms with Crippen LogP contribution in [-0.2, 0) is 11.2 Å². The molecule has 1 unspecified atom stereocenters. The van der Waals surface area contributed by atoms with Crippen LogP contribution in [0, 0.1) is 0 Å². The van der Waals surface area contributed by atoms with Gasteiger partial charge in [-0.3, -0.25) is 4.79 Å². The van der Waals surface area contributed by atoms with Gasteiger partial charge in [0, 0.05) is 11.4 Å². The molecule has 0 saturated heterocycles.